The topological polar surface area (TPSA) is 98.7 Å². The van der Waals surface area contributed by atoms with E-state index >= 15 is 0 Å². The fraction of sp³-hybridized carbons (Fsp3) is 0.286. The molecule has 2 aliphatic rings. The predicted octanol–water partition coefficient (Wildman–Crippen LogP) is 2.55. The standard InChI is InChI=1S/C21H21N3O6/c1-27-16-8-12(9-17(28-2)18(16)29-3)23-21(26)30-13-10-22-19-14-6-4-5-7-15(14)20(25)24(19)11-13/h4-9,13H,10-11H2,1-3H3,(H,23,26). The molecule has 2 heterocycles. The summed E-state index contributed by atoms with van der Waals surface area (Å²) in [6, 6.07) is 10.5. The van der Waals surface area contributed by atoms with E-state index in [4.69, 9.17) is 18.9 Å². The number of anilines is 1. The summed E-state index contributed by atoms with van der Waals surface area (Å²) in [7, 11) is 4.47. The zero-order valence-electron chi connectivity index (χ0n) is 16.8. The van der Waals surface area contributed by atoms with Crippen LogP contribution in [0.25, 0.3) is 0 Å². The minimum Gasteiger partial charge on any atom is -0.493 e. The number of methoxy groups -OCH3 is 3. The van der Waals surface area contributed by atoms with E-state index in [1.807, 2.05) is 18.2 Å². The fourth-order valence-electron chi connectivity index (χ4n) is 3.57. The van der Waals surface area contributed by atoms with Gasteiger partial charge in [-0.3, -0.25) is 20.0 Å². The molecule has 0 fully saturated rings. The Labute approximate surface area is 173 Å². The van der Waals surface area contributed by atoms with Gasteiger partial charge in [0, 0.05) is 17.7 Å². The third kappa shape index (κ3) is 3.38. The summed E-state index contributed by atoms with van der Waals surface area (Å²) < 4.78 is 21.3. The zero-order chi connectivity index (χ0) is 21.3. The van der Waals surface area contributed by atoms with Crippen LogP contribution in [-0.4, -0.2) is 63.3 Å². The first-order valence-corrected chi connectivity index (χ1v) is 9.29. The minimum atomic E-state index is -0.669. The smallest absolute Gasteiger partial charge is 0.412 e. The molecule has 0 aliphatic carbocycles. The molecule has 9 nitrogen and oxygen atoms in total. The minimum absolute atomic E-state index is 0.136. The molecule has 2 amide bonds. The Hall–Kier alpha value is -3.75. The van der Waals surface area contributed by atoms with E-state index < -0.39 is 12.2 Å². The van der Waals surface area contributed by atoms with Gasteiger partial charge in [-0.2, -0.15) is 0 Å². The lowest BCUT2D eigenvalue weighted by molar-refractivity contribution is 0.0699. The van der Waals surface area contributed by atoms with E-state index in [0.29, 0.717) is 34.3 Å². The van der Waals surface area contributed by atoms with Gasteiger partial charge in [-0.05, 0) is 6.07 Å². The fourth-order valence-corrected chi connectivity index (χ4v) is 3.57. The second-order valence-corrected chi connectivity index (χ2v) is 6.69. The molecule has 156 valence electrons. The molecular formula is C21H21N3O6. The average molecular weight is 411 g/mol. The lowest BCUT2D eigenvalue weighted by atomic mass is 10.1. The van der Waals surface area contributed by atoms with Gasteiger partial charge in [0.25, 0.3) is 5.91 Å². The summed E-state index contributed by atoms with van der Waals surface area (Å²) in [6.07, 6.45) is -1.23. The number of hydrogen-bond acceptors (Lipinski definition) is 7. The summed E-state index contributed by atoms with van der Waals surface area (Å²) >= 11 is 0. The maximum absolute atomic E-state index is 12.6. The van der Waals surface area contributed by atoms with E-state index in [1.165, 1.54) is 21.3 Å². The van der Waals surface area contributed by atoms with Crippen LogP contribution < -0.4 is 19.5 Å². The predicted molar refractivity (Wildman–Crippen MR) is 109 cm³/mol. The van der Waals surface area contributed by atoms with Crippen LogP contribution in [-0.2, 0) is 4.74 Å². The lowest BCUT2D eigenvalue weighted by Gasteiger charge is -2.27. The van der Waals surface area contributed by atoms with Crippen molar-refractivity contribution in [2.75, 3.05) is 39.7 Å². The Morgan fingerprint density at radius 1 is 1.07 bits per heavy atom. The zero-order valence-corrected chi connectivity index (χ0v) is 16.8. The van der Waals surface area contributed by atoms with Crippen LogP contribution in [0, 0.1) is 0 Å². The van der Waals surface area contributed by atoms with Gasteiger partial charge < -0.3 is 18.9 Å². The first kappa shape index (κ1) is 19.6. The van der Waals surface area contributed by atoms with Gasteiger partial charge >= 0.3 is 6.09 Å². The number of nitrogens with zero attached hydrogens (tertiary/aromatic N) is 2. The van der Waals surface area contributed by atoms with Crippen molar-refractivity contribution in [3.8, 4) is 17.2 Å². The Morgan fingerprint density at radius 2 is 1.73 bits per heavy atom. The van der Waals surface area contributed by atoms with E-state index in [9.17, 15) is 9.59 Å². The lowest BCUT2D eigenvalue weighted by Crippen LogP contribution is -2.44. The van der Waals surface area contributed by atoms with Crippen LogP contribution in [0.15, 0.2) is 41.4 Å². The number of ether oxygens (including phenoxy) is 4. The Balaban J connectivity index is 1.45. The number of carbonyl (C=O) groups excluding carboxylic acids is 2. The van der Waals surface area contributed by atoms with Gasteiger partial charge in [-0.25, -0.2) is 4.79 Å². The third-order valence-electron chi connectivity index (χ3n) is 4.91. The van der Waals surface area contributed by atoms with Gasteiger partial charge in [-0.1, -0.05) is 18.2 Å². The normalized spacial score (nSPS) is 16.9. The van der Waals surface area contributed by atoms with Gasteiger partial charge in [0.2, 0.25) is 5.75 Å². The number of aliphatic imine (C=N–C) groups is 1. The third-order valence-corrected chi connectivity index (χ3v) is 4.91. The largest absolute Gasteiger partial charge is 0.493 e. The molecule has 0 saturated carbocycles. The van der Waals surface area contributed by atoms with Gasteiger partial charge in [0.15, 0.2) is 11.5 Å². The molecule has 1 N–H and O–H groups in total. The molecule has 0 bridgehead atoms. The number of benzene rings is 2. The molecule has 1 unspecified atom stereocenters. The van der Waals surface area contributed by atoms with Crippen molar-refractivity contribution < 1.29 is 28.5 Å². The highest BCUT2D eigenvalue weighted by Crippen LogP contribution is 2.40. The molecule has 2 aromatic carbocycles. The van der Waals surface area contributed by atoms with Crippen LogP contribution >= 0.6 is 0 Å². The number of rotatable bonds is 5. The van der Waals surface area contributed by atoms with Crippen LogP contribution in [0.1, 0.15) is 15.9 Å². The molecule has 4 rings (SSSR count). The van der Waals surface area contributed by atoms with Crippen LogP contribution in [0.2, 0.25) is 0 Å². The maximum atomic E-state index is 12.6. The molecule has 0 saturated heterocycles. The highest BCUT2D eigenvalue weighted by molar-refractivity contribution is 6.23. The number of amidine groups is 1. The second-order valence-electron chi connectivity index (χ2n) is 6.69. The van der Waals surface area contributed by atoms with Crippen LogP contribution in [0.5, 0.6) is 17.2 Å². The SMILES string of the molecule is COc1cc(NC(=O)OC2CN=C3c4ccccc4C(=O)N3C2)cc(OC)c1OC. The maximum Gasteiger partial charge on any atom is 0.412 e. The quantitative estimate of drug-likeness (QED) is 0.812. The first-order chi connectivity index (χ1) is 14.5. The van der Waals surface area contributed by atoms with Crippen molar-refractivity contribution in [2.24, 2.45) is 4.99 Å². The summed E-state index contributed by atoms with van der Waals surface area (Å²) in [4.78, 5) is 31.0. The highest BCUT2D eigenvalue weighted by Gasteiger charge is 2.38. The van der Waals surface area contributed by atoms with Crippen molar-refractivity contribution in [1.82, 2.24) is 4.90 Å². The number of hydrogen-bond donors (Lipinski definition) is 1. The molecule has 2 aromatic rings. The Morgan fingerprint density at radius 3 is 2.37 bits per heavy atom. The summed E-state index contributed by atoms with van der Waals surface area (Å²) in [5.41, 5.74) is 1.83. The first-order valence-electron chi connectivity index (χ1n) is 9.29. The summed E-state index contributed by atoms with van der Waals surface area (Å²) in [6.45, 7) is 0.519. The van der Waals surface area contributed by atoms with Gasteiger partial charge in [0.05, 0.1) is 45.7 Å². The van der Waals surface area contributed by atoms with Crippen molar-refractivity contribution in [1.29, 1.82) is 0 Å². The van der Waals surface area contributed by atoms with Crippen molar-refractivity contribution in [3.05, 3.63) is 47.5 Å². The average Bonchev–Trinajstić information content (AvgIpc) is 3.04. The second kappa shape index (κ2) is 7.94. The number of fused-ring (bicyclic) bond motifs is 3. The monoisotopic (exact) mass is 411 g/mol. The molecule has 0 radical (unpaired) electrons. The van der Waals surface area contributed by atoms with Crippen molar-refractivity contribution in [2.45, 2.75) is 6.10 Å². The Kier molecular flexibility index (Phi) is 5.18. The van der Waals surface area contributed by atoms with E-state index in [-0.39, 0.29) is 19.0 Å². The number of nitrogens with one attached hydrogen (secondary N) is 1. The van der Waals surface area contributed by atoms with E-state index in [0.717, 1.165) is 5.56 Å². The molecule has 2 aliphatic heterocycles. The molecule has 9 heteroatoms. The van der Waals surface area contributed by atoms with E-state index in [1.54, 1.807) is 23.1 Å². The molecule has 1 atom stereocenters. The van der Waals surface area contributed by atoms with E-state index in [2.05, 4.69) is 10.3 Å². The number of carbonyl (C=O) groups is 2. The van der Waals surface area contributed by atoms with Crippen molar-refractivity contribution in [3.63, 3.8) is 0 Å². The molecule has 30 heavy (non-hydrogen) atoms. The van der Waals surface area contributed by atoms with Gasteiger partial charge in [-0.15, -0.1) is 0 Å². The van der Waals surface area contributed by atoms with Crippen molar-refractivity contribution >= 4 is 23.5 Å². The highest BCUT2D eigenvalue weighted by atomic mass is 16.6. The van der Waals surface area contributed by atoms with Crippen LogP contribution in [0.3, 0.4) is 0 Å². The van der Waals surface area contributed by atoms with Crippen LogP contribution in [0.4, 0.5) is 10.5 Å². The number of amides is 2. The molecule has 0 aromatic heterocycles. The van der Waals surface area contributed by atoms with Gasteiger partial charge in [0.1, 0.15) is 11.9 Å². The molecule has 0 spiro atoms. The summed E-state index contributed by atoms with van der Waals surface area (Å²) in [5.74, 6) is 1.71. The summed E-state index contributed by atoms with van der Waals surface area (Å²) in [5, 5.41) is 2.65. The Bertz CT molecular complexity index is 1010. The molecular weight excluding hydrogens is 390 g/mol.